The molecule has 1 aliphatic carbocycles. The fourth-order valence-electron chi connectivity index (χ4n) is 2.45. The van der Waals surface area contributed by atoms with Gasteiger partial charge >= 0.3 is 6.16 Å². The van der Waals surface area contributed by atoms with Gasteiger partial charge in [0.2, 0.25) is 0 Å². The van der Waals surface area contributed by atoms with E-state index in [1.807, 2.05) is 6.08 Å². The molecule has 20 heavy (non-hydrogen) atoms. The summed E-state index contributed by atoms with van der Waals surface area (Å²) in [5.41, 5.74) is 4.29. The Labute approximate surface area is 119 Å². The molecule has 0 amide bonds. The van der Waals surface area contributed by atoms with E-state index < -0.39 is 6.16 Å². The van der Waals surface area contributed by atoms with E-state index in [2.05, 4.69) is 21.2 Å². The molecule has 110 valence electrons. The van der Waals surface area contributed by atoms with Crippen molar-refractivity contribution < 1.29 is 14.3 Å². The number of hydrogen-bond acceptors (Lipinski definition) is 4. The van der Waals surface area contributed by atoms with E-state index in [0.29, 0.717) is 0 Å². The van der Waals surface area contributed by atoms with Crippen LogP contribution in [0.4, 0.5) is 4.79 Å². The third-order valence-corrected chi connectivity index (χ3v) is 3.48. The van der Waals surface area contributed by atoms with E-state index in [0.717, 1.165) is 13.1 Å². The van der Waals surface area contributed by atoms with Gasteiger partial charge in [-0.15, -0.1) is 0 Å². The van der Waals surface area contributed by atoms with Gasteiger partial charge in [-0.05, 0) is 42.9 Å². The quantitative estimate of drug-likeness (QED) is 0.476. The van der Waals surface area contributed by atoms with Crippen molar-refractivity contribution >= 4 is 6.16 Å². The predicted octanol–water partition coefficient (Wildman–Crippen LogP) is 2.32. The highest BCUT2D eigenvalue weighted by Crippen LogP contribution is 2.23. The Bertz CT molecular complexity index is 466. The van der Waals surface area contributed by atoms with Gasteiger partial charge in [0.15, 0.2) is 0 Å². The number of fused-ring (bicyclic) bond motifs is 1. The molecule has 1 aromatic heterocycles. The van der Waals surface area contributed by atoms with Gasteiger partial charge in [0, 0.05) is 25.0 Å². The summed E-state index contributed by atoms with van der Waals surface area (Å²) in [5.74, 6) is 0. The number of methoxy groups -OCH3 is 1. The van der Waals surface area contributed by atoms with Gasteiger partial charge in [0.25, 0.3) is 0 Å². The molecule has 5 nitrogen and oxygen atoms in total. The molecule has 0 atom stereocenters. The number of carbonyl (C=O) groups excluding carboxylic acids is 1. The third kappa shape index (κ3) is 4.13. The van der Waals surface area contributed by atoms with Crippen LogP contribution in [0.5, 0.6) is 0 Å². The lowest BCUT2D eigenvalue weighted by molar-refractivity contribution is 0.0817. The molecule has 5 heteroatoms. The number of nitrogens with one attached hydrogen (secondary N) is 2. The van der Waals surface area contributed by atoms with E-state index in [4.69, 9.17) is 4.74 Å². The Morgan fingerprint density at radius 3 is 3.10 bits per heavy atom. The zero-order valence-electron chi connectivity index (χ0n) is 11.9. The van der Waals surface area contributed by atoms with E-state index >= 15 is 0 Å². The Kier molecular flexibility index (Phi) is 5.68. The summed E-state index contributed by atoms with van der Waals surface area (Å²) >= 11 is 0. The molecule has 2 N–H and O–H groups in total. The first-order valence-corrected chi connectivity index (χ1v) is 7.05. The molecule has 0 aliphatic heterocycles. The van der Waals surface area contributed by atoms with Crippen molar-refractivity contribution in [1.82, 2.24) is 10.3 Å². The number of carbonyl (C=O) groups is 1. The van der Waals surface area contributed by atoms with Crippen LogP contribution in [0, 0.1) is 0 Å². The Morgan fingerprint density at radius 2 is 2.25 bits per heavy atom. The Hall–Kier alpha value is -1.75. The predicted molar refractivity (Wildman–Crippen MR) is 76.6 cm³/mol. The maximum Gasteiger partial charge on any atom is 0.508 e. The number of rotatable bonds is 6. The van der Waals surface area contributed by atoms with Crippen molar-refractivity contribution in [3.05, 3.63) is 35.2 Å². The number of hydrogen-bond donors (Lipinski definition) is 2. The molecule has 0 unspecified atom stereocenters. The van der Waals surface area contributed by atoms with Gasteiger partial charge in [0.1, 0.15) is 6.61 Å². The topological polar surface area (TPSA) is 63.4 Å². The van der Waals surface area contributed by atoms with Crippen molar-refractivity contribution in [2.24, 2.45) is 0 Å². The minimum Gasteiger partial charge on any atom is -0.438 e. The molecule has 0 aromatic carbocycles. The number of ether oxygens (including phenoxy) is 2. The average Bonchev–Trinajstić information content (AvgIpc) is 2.89. The summed E-state index contributed by atoms with van der Waals surface area (Å²) in [7, 11) is 1.30. The normalized spacial score (nSPS) is 14.2. The van der Waals surface area contributed by atoms with Crippen molar-refractivity contribution in [3.8, 4) is 0 Å². The number of aryl methyl sites for hydroxylation is 1. The van der Waals surface area contributed by atoms with Gasteiger partial charge < -0.3 is 19.8 Å². The molecule has 2 rings (SSSR count). The molecule has 0 saturated carbocycles. The van der Waals surface area contributed by atoms with Crippen LogP contribution in [-0.4, -0.2) is 31.4 Å². The number of aromatic nitrogens is 1. The van der Waals surface area contributed by atoms with Gasteiger partial charge in [0.05, 0.1) is 7.11 Å². The monoisotopic (exact) mass is 278 g/mol. The van der Waals surface area contributed by atoms with Crippen LogP contribution in [0.2, 0.25) is 0 Å². The highest BCUT2D eigenvalue weighted by atomic mass is 16.7. The van der Waals surface area contributed by atoms with Gasteiger partial charge in [-0.1, -0.05) is 6.08 Å². The second-order valence-corrected chi connectivity index (χ2v) is 4.85. The first kappa shape index (κ1) is 14.7. The zero-order chi connectivity index (χ0) is 14.2. The maximum atomic E-state index is 10.7. The van der Waals surface area contributed by atoms with E-state index in [9.17, 15) is 4.79 Å². The SMILES string of the molecule is COC(=O)OC/C=C/CNCc1c[nH]c2c1CCCC2. The van der Waals surface area contributed by atoms with Gasteiger partial charge in [-0.2, -0.15) is 0 Å². The van der Waals surface area contributed by atoms with Crippen LogP contribution in [0.15, 0.2) is 18.3 Å². The maximum absolute atomic E-state index is 10.7. The van der Waals surface area contributed by atoms with Crippen LogP contribution < -0.4 is 5.32 Å². The smallest absolute Gasteiger partial charge is 0.438 e. The minimum absolute atomic E-state index is 0.244. The lowest BCUT2D eigenvalue weighted by Crippen LogP contribution is -2.14. The second-order valence-electron chi connectivity index (χ2n) is 4.85. The number of aromatic amines is 1. The molecule has 1 aliphatic rings. The van der Waals surface area contributed by atoms with Crippen LogP contribution in [0.1, 0.15) is 29.7 Å². The van der Waals surface area contributed by atoms with Crippen molar-refractivity contribution in [1.29, 1.82) is 0 Å². The Morgan fingerprint density at radius 1 is 1.40 bits per heavy atom. The van der Waals surface area contributed by atoms with Gasteiger partial charge in [-0.3, -0.25) is 0 Å². The lowest BCUT2D eigenvalue weighted by Gasteiger charge is -2.12. The van der Waals surface area contributed by atoms with Crippen molar-refractivity contribution in [2.75, 3.05) is 20.3 Å². The van der Waals surface area contributed by atoms with Crippen LogP contribution in [0.3, 0.4) is 0 Å². The van der Waals surface area contributed by atoms with Crippen LogP contribution in [0.25, 0.3) is 0 Å². The van der Waals surface area contributed by atoms with E-state index in [1.54, 1.807) is 6.08 Å². The third-order valence-electron chi connectivity index (χ3n) is 3.48. The van der Waals surface area contributed by atoms with Crippen LogP contribution in [-0.2, 0) is 28.9 Å². The van der Waals surface area contributed by atoms with Crippen LogP contribution >= 0.6 is 0 Å². The molecule has 0 radical (unpaired) electrons. The summed E-state index contributed by atoms with van der Waals surface area (Å²) in [5, 5.41) is 3.36. The minimum atomic E-state index is -0.651. The average molecular weight is 278 g/mol. The largest absolute Gasteiger partial charge is 0.508 e. The standard InChI is InChI=1S/C15H22N2O3/c1-19-15(18)20-9-5-4-8-16-10-12-11-17-14-7-3-2-6-13(12)14/h4-5,11,16-17H,2-3,6-10H2,1H3/b5-4+. The molecule has 1 heterocycles. The first-order chi connectivity index (χ1) is 9.81. The zero-order valence-corrected chi connectivity index (χ0v) is 11.9. The molecule has 0 fully saturated rings. The molecule has 0 spiro atoms. The summed E-state index contributed by atoms with van der Waals surface area (Å²) in [6.07, 6.45) is 10.2. The molecular weight excluding hydrogens is 256 g/mol. The second kappa shape index (κ2) is 7.75. The summed E-state index contributed by atoms with van der Waals surface area (Å²) in [6.45, 7) is 1.87. The van der Waals surface area contributed by atoms with Crippen molar-refractivity contribution in [2.45, 2.75) is 32.2 Å². The van der Waals surface area contributed by atoms with E-state index in [1.165, 1.54) is 49.6 Å². The molecule has 1 aromatic rings. The molecule has 0 bridgehead atoms. The fraction of sp³-hybridized carbons (Fsp3) is 0.533. The first-order valence-electron chi connectivity index (χ1n) is 7.05. The highest BCUT2D eigenvalue weighted by molar-refractivity contribution is 5.59. The molecular formula is C15H22N2O3. The molecule has 0 saturated heterocycles. The summed E-state index contributed by atoms with van der Waals surface area (Å²) in [6, 6.07) is 0. The highest BCUT2D eigenvalue weighted by Gasteiger charge is 2.14. The van der Waals surface area contributed by atoms with E-state index in [-0.39, 0.29) is 6.61 Å². The summed E-state index contributed by atoms with van der Waals surface area (Å²) in [4.78, 5) is 14.1. The lowest BCUT2D eigenvalue weighted by atomic mass is 9.95. The fourth-order valence-corrected chi connectivity index (χ4v) is 2.45. The number of H-pyrrole nitrogens is 1. The summed E-state index contributed by atoms with van der Waals surface area (Å²) < 4.78 is 9.10. The van der Waals surface area contributed by atoms with Crippen molar-refractivity contribution in [3.63, 3.8) is 0 Å². The van der Waals surface area contributed by atoms with Gasteiger partial charge in [-0.25, -0.2) is 4.79 Å². The Balaban J connectivity index is 1.65.